The normalized spacial score (nSPS) is 17.4. The molecule has 0 fully saturated rings. The van der Waals surface area contributed by atoms with Crippen LogP contribution in [-0.2, 0) is 0 Å². The number of benzene rings is 5. The zero-order chi connectivity index (χ0) is 23.1. The van der Waals surface area contributed by atoms with E-state index in [1.807, 2.05) is 0 Å². The third kappa shape index (κ3) is 2.31. The Kier molecular flexibility index (Phi) is 3.97. The average molecular weight is 443 g/mol. The minimum Gasteiger partial charge on any atom is -0.496 e. The quantitative estimate of drug-likeness (QED) is 0.257. The topological polar surface area (TPSA) is 18.5 Å². The summed E-state index contributed by atoms with van der Waals surface area (Å²) in [6, 6.07) is 26.5. The van der Waals surface area contributed by atoms with Crippen molar-refractivity contribution in [3.8, 4) is 11.5 Å². The molecule has 0 saturated carbocycles. The maximum absolute atomic E-state index is 5.95. The van der Waals surface area contributed by atoms with Gasteiger partial charge >= 0.3 is 0 Å². The molecule has 5 aromatic rings. The molecule has 2 unspecified atom stereocenters. The fourth-order valence-corrected chi connectivity index (χ4v) is 6.79. The van der Waals surface area contributed by atoms with Crippen LogP contribution < -0.4 is 9.47 Å². The third-order valence-corrected chi connectivity index (χ3v) is 8.21. The minimum absolute atomic E-state index is 0.130. The van der Waals surface area contributed by atoms with E-state index in [1.165, 1.54) is 66.1 Å². The Labute approximate surface area is 199 Å². The smallest absolute Gasteiger partial charge is 0.123 e. The molecule has 8 rings (SSSR count). The van der Waals surface area contributed by atoms with Crippen LogP contribution in [0.2, 0.25) is 0 Å². The van der Waals surface area contributed by atoms with Crippen LogP contribution in [0.15, 0.2) is 72.8 Å². The molecule has 0 aliphatic heterocycles. The lowest BCUT2D eigenvalue weighted by molar-refractivity contribution is 0.389. The van der Waals surface area contributed by atoms with E-state index in [4.69, 9.17) is 9.47 Å². The molecule has 2 bridgehead atoms. The van der Waals surface area contributed by atoms with Gasteiger partial charge in [-0.15, -0.1) is 0 Å². The zero-order valence-corrected chi connectivity index (χ0v) is 19.9. The number of aryl methyl sites for hydroxylation is 2. The molecule has 3 aliphatic carbocycles. The van der Waals surface area contributed by atoms with Crippen LogP contribution in [0.1, 0.15) is 56.3 Å². The lowest BCUT2D eigenvalue weighted by Crippen LogP contribution is -2.30. The van der Waals surface area contributed by atoms with E-state index in [-0.39, 0.29) is 11.8 Å². The summed E-state index contributed by atoms with van der Waals surface area (Å²) in [6.45, 7) is 4.62. The summed E-state index contributed by atoms with van der Waals surface area (Å²) in [7, 11) is 3.56. The monoisotopic (exact) mass is 442 g/mol. The van der Waals surface area contributed by atoms with Gasteiger partial charge in [0.05, 0.1) is 14.2 Å². The Morgan fingerprint density at radius 2 is 0.941 bits per heavy atom. The zero-order valence-electron chi connectivity index (χ0n) is 19.9. The Morgan fingerprint density at radius 1 is 0.529 bits per heavy atom. The van der Waals surface area contributed by atoms with E-state index >= 15 is 0 Å². The van der Waals surface area contributed by atoms with E-state index in [1.54, 1.807) is 14.2 Å². The highest BCUT2D eigenvalue weighted by Gasteiger charge is 2.46. The van der Waals surface area contributed by atoms with E-state index in [9.17, 15) is 0 Å². The summed E-state index contributed by atoms with van der Waals surface area (Å²) in [5.41, 5.74) is 11.0. The Balaban J connectivity index is 1.67. The van der Waals surface area contributed by atoms with Gasteiger partial charge in [0, 0.05) is 23.0 Å². The SMILES string of the molecule is COc1ccc(OC)c2c1C1c3ccccc3C2c2c1c(C)c1cc3ccccc3cc1c2C. The van der Waals surface area contributed by atoms with Crippen molar-refractivity contribution >= 4 is 21.5 Å². The van der Waals surface area contributed by atoms with Gasteiger partial charge in [-0.3, -0.25) is 0 Å². The first kappa shape index (κ1) is 19.7. The van der Waals surface area contributed by atoms with Gasteiger partial charge in [0.15, 0.2) is 0 Å². The van der Waals surface area contributed by atoms with Crippen LogP contribution >= 0.6 is 0 Å². The molecule has 5 aromatic carbocycles. The highest BCUT2D eigenvalue weighted by molar-refractivity contribution is 6.03. The van der Waals surface area contributed by atoms with Crippen molar-refractivity contribution < 1.29 is 9.47 Å². The molecule has 3 aliphatic rings. The number of methoxy groups -OCH3 is 2. The molecule has 0 radical (unpaired) electrons. The van der Waals surface area contributed by atoms with Gasteiger partial charge in [-0.2, -0.15) is 0 Å². The fourth-order valence-electron chi connectivity index (χ4n) is 6.79. The summed E-state index contributed by atoms with van der Waals surface area (Å²) in [5, 5.41) is 5.28. The highest BCUT2D eigenvalue weighted by atomic mass is 16.5. The third-order valence-electron chi connectivity index (χ3n) is 8.21. The van der Waals surface area contributed by atoms with Gasteiger partial charge in [0.2, 0.25) is 0 Å². The number of rotatable bonds is 2. The van der Waals surface area contributed by atoms with Crippen LogP contribution in [0.4, 0.5) is 0 Å². The summed E-state index contributed by atoms with van der Waals surface area (Å²) in [4.78, 5) is 0. The average Bonchev–Trinajstić information content (AvgIpc) is 2.89. The molecular weight excluding hydrogens is 416 g/mol. The van der Waals surface area contributed by atoms with Crippen LogP contribution in [0.25, 0.3) is 21.5 Å². The van der Waals surface area contributed by atoms with Crippen molar-refractivity contribution in [1.29, 1.82) is 0 Å². The standard InChI is InChI=1S/C32H26O2/c1-17-23-15-19-9-5-6-10-20(19)16-24(23)18(2)28-27(17)29-21-11-7-8-12-22(21)30(28)32-26(34-4)14-13-25(33-3)31(29)32/h5-16,29-30H,1-4H3. The second-order valence-corrected chi connectivity index (χ2v) is 9.61. The fraction of sp³-hybridized carbons (Fsp3) is 0.188. The van der Waals surface area contributed by atoms with E-state index in [2.05, 4.69) is 86.6 Å². The van der Waals surface area contributed by atoms with Crippen LogP contribution in [0.3, 0.4) is 0 Å². The first-order valence-corrected chi connectivity index (χ1v) is 11.9. The second-order valence-electron chi connectivity index (χ2n) is 9.61. The van der Waals surface area contributed by atoms with Gasteiger partial charge in [-0.1, -0.05) is 48.5 Å². The molecule has 0 saturated heterocycles. The lowest BCUT2D eigenvalue weighted by Gasteiger charge is -2.45. The summed E-state index contributed by atoms with van der Waals surface area (Å²) in [6.07, 6.45) is 0. The maximum Gasteiger partial charge on any atom is 0.123 e. The summed E-state index contributed by atoms with van der Waals surface area (Å²) >= 11 is 0. The minimum atomic E-state index is 0.130. The molecule has 2 nitrogen and oxygen atoms in total. The first-order valence-electron chi connectivity index (χ1n) is 11.9. The predicted molar refractivity (Wildman–Crippen MR) is 139 cm³/mol. The van der Waals surface area contributed by atoms with Crippen molar-refractivity contribution in [2.75, 3.05) is 14.2 Å². The van der Waals surface area contributed by atoms with Crippen molar-refractivity contribution in [2.45, 2.75) is 25.7 Å². The van der Waals surface area contributed by atoms with Gasteiger partial charge in [0.25, 0.3) is 0 Å². The van der Waals surface area contributed by atoms with E-state index in [0.717, 1.165) is 11.5 Å². The molecule has 0 spiro atoms. The lowest BCUT2D eigenvalue weighted by atomic mass is 9.58. The number of fused-ring (bicyclic) bond motifs is 2. The highest BCUT2D eigenvalue weighted by Crippen LogP contribution is 2.62. The van der Waals surface area contributed by atoms with Crippen molar-refractivity contribution in [3.63, 3.8) is 0 Å². The Hall–Kier alpha value is -3.78. The number of hydrogen-bond acceptors (Lipinski definition) is 2. The van der Waals surface area contributed by atoms with Crippen molar-refractivity contribution in [1.82, 2.24) is 0 Å². The van der Waals surface area contributed by atoms with Gasteiger partial charge in [-0.05, 0) is 93.0 Å². The summed E-state index contributed by atoms with van der Waals surface area (Å²) < 4.78 is 11.9. The van der Waals surface area contributed by atoms with Crippen LogP contribution in [-0.4, -0.2) is 14.2 Å². The van der Waals surface area contributed by atoms with Crippen molar-refractivity contribution in [3.05, 3.63) is 117 Å². The molecule has 0 amide bonds. The molecular formula is C32H26O2. The maximum atomic E-state index is 5.95. The predicted octanol–water partition coefficient (Wildman–Crippen LogP) is 7.61. The van der Waals surface area contributed by atoms with Crippen LogP contribution in [0, 0.1) is 13.8 Å². The largest absolute Gasteiger partial charge is 0.496 e. The molecule has 2 heteroatoms. The molecule has 34 heavy (non-hydrogen) atoms. The Bertz CT molecular complexity index is 1540. The summed E-state index contributed by atoms with van der Waals surface area (Å²) in [5.74, 6) is 2.15. The van der Waals surface area contributed by atoms with Crippen LogP contribution in [0.5, 0.6) is 11.5 Å². The molecule has 2 atom stereocenters. The Morgan fingerprint density at radius 3 is 1.35 bits per heavy atom. The number of ether oxygens (including phenoxy) is 2. The van der Waals surface area contributed by atoms with Gasteiger partial charge in [-0.25, -0.2) is 0 Å². The molecule has 0 heterocycles. The molecule has 0 N–H and O–H groups in total. The van der Waals surface area contributed by atoms with E-state index < -0.39 is 0 Å². The van der Waals surface area contributed by atoms with Gasteiger partial charge < -0.3 is 9.47 Å². The second kappa shape index (κ2) is 6.87. The number of hydrogen-bond donors (Lipinski definition) is 0. The van der Waals surface area contributed by atoms with Crippen molar-refractivity contribution in [2.24, 2.45) is 0 Å². The first-order chi connectivity index (χ1) is 16.6. The van der Waals surface area contributed by atoms with Gasteiger partial charge in [0.1, 0.15) is 11.5 Å². The molecule has 166 valence electrons. The van der Waals surface area contributed by atoms with E-state index in [0.29, 0.717) is 0 Å². The molecule has 0 aromatic heterocycles.